The first-order valence-electron chi connectivity index (χ1n) is 10.2. The van der Waals surface area contributed by atoms with Crippen LogP contribution in [-0.4, -0.2) is 64.4 Å². The van der Waals surface area contributed by atoms with Crippen LogP contribution in [-0.2, 0) is 11.3 Å². The largest absolute Gasteiger partial charge is 0.464 e. The third-order valence-electron chi connectivity index (χ3n) is 5.70. The van der Waals surface area contributed by atoms with Crippen LogP contribution in [0.3, 0.4) is 0 Å². The molecular weight excluding hydrogens is 386 g/mol. The molecule has 1 saturated heterocycles. The van der Waals surface area contributed by atoms with Gasteiger partial charge in [-0.3, -0.25) is 9.69 Å². The van der Waals surface area contributed by atoms with Crippen molar-refractivity contribution in [2.45, 2.75) is 32.4 Å². The molecule has 4 heterocycles. The highest BCUT2D eigenvalue weighted by atomic mass is 32.1. The smallest absolute Gasteiger partial charge is 0.237 e. The number of hydrogen-bond acceptors (Lipinski definition) is 7. The Morgan fingerprint density at radius 2 is 2.03 bits per heavy atom. The minimum atomic E-state index is 0.206. The van der Waals surface area contributed by atoms with Gasteiger partial charge in [-0.2, -0.15) is 0 Å². The summed E-state index contributed by atoms with van der Waals surface area (Å²) >= 11 is 1.64. The van der Waals surface area contributed by atoms with Crippen LogP contribution < -0.4 is 4.90 Å². The van der Waals surface area contributed by atoms with E-state index in [9.17, 15) is 4.79 Å². The highest BCUT2D eigenvalue weighted by Crippen LogP contribution is 2.30. The van der Waals surface area contributed by atoms with Crippen LogP contribution in [0.1, 0.15) is 24.4 Å². The Bertz CT molecular complexity index is 1000. The average Bonchev–Trinajstić information content (AvgIpc) is 3.30. The first-order chi connectivity index (χ1) is 14.2. The summed E-state index contributed by atoms with van der Waals surface area (Å²) in [6, 6.07) is 6.41. The molecule has 0 aromatic carbocycles. The molecule has 0 atom stereocenters. The van der Waals surface area contributed by atoms with E-state index in [0.717, 1.165) is 66.6 Å². The lowest BCUT2D eigenvalue weighted by atomic mass is 10.2. The quantitative estimate of drug-likeness (QED) is 0.621. The second-order valence-corrected chi connectivity index (χ2v) is 8.76. The number of aryl methyl sites for hydroxylation is 1. The van der Waals surface area contributed by atoms with E-state index in [-0.39, 0.29) is 5.91 Å². The highest BCUT2D eigenvalue weighted by Gasteiger charge is 2.34. The summed E-state index contributed by atoms with van der Waals surface area (Å²) in [6.07, 6.45) is 3.85. The molecule has 1 aliphatic carbocycles. The van der Waals surface area contributed by atoms with E-state index in [1.165, 1.54) is 0 Å². The molecule has 0 N–H and O–H groups in total. The molecule has 2 aliphatic rings. The van der Waals surface area contributed by atoms with Crippen LogP contribution in [0.4, 0.5) is 5.82 Å². The number of furan rings is 1. The molecule has 3 aromatic rings. The van der Waals surface area contributed by atoms with E-state index in [1.54, 1.807) is 17.7 Å². The van der Waals surface area contributed by atoms with Crippen molar-refractivity contribution in [2.75, 3.05) is 37.6 Å². The number of hydrogen-bond donors (Lipinski definition) is 0. The van der Waals surface area contributed by atoms with Gasteiger partial charge in [-0.1, -0.05) is 0 Å². The molecule has 8 heteroatoms. The van der Waals surface area contributed by atoms with E-state index in [1.807, 2.05) is 24.0 Å². The minimum absolute atomic E-state index is 0.206. The lowest BCUT2D eigenvalue weighted by Gasteiger charge is -2.36. The molecule has 2 fully saturated rings. The van der Waals surface area contributed by atoms with Crippen LogP contribution in [0.2, 0.25) is 0 Å². The van der Waals surface area contributed by atoms with Crippen LogP contribution in [0.25, 0.3) is 10.2 Å². The second-order valence-electron chi connectivity index (χ2n) is 7.87. The van der Waals surface area contributed by atoms with Gasteiger partial charge in [0.15, 0.2) is 0 Å². The number of anilines is 1. The molecule has 152 valence electrons. The third kappa shape index (κ3) is 4.00. The maximum Gasteiger partial charge on any atom is 0.237 e. The summed E-state index contributed by atoms with van der Waals surface area (Å²) in [5, 5.41) is 3.18. The Morgan fingerprint density at radius 1 is 1.21 bits per heavy atom. The molecule has 29 heavy (non-hydrogen) atoms. The molecule has 5 rings (SSSR count). The Balaban J connectivity index is 1.19. The van der Waals surface area contributed by atoms with Gasteiger partial charge in [0.1, 0.15) is 28.5 Å². The zero-order valence-electron chi connectivity index (χ0n) is 16.6. The molecule has 3 aromatic heterocycles. The van der Waals surface area contributed by atoms with Crippen molar-refractivity contribution < 1.29 is 9.21 Å². The van der Waals surface area contributed by atoms with Gasteiger partial charge in [0.05, 0.1) is 18.5 Å². The maximum atomic E-state index is 13.0. The fraction of sp³-hybridized carbons (Fsp3) is 0.476. The predicted molar refractivity (Wildman–Crippen MR) is 113 cm³/mol. The van der Waals surface area contributed by atoms with Crippen molar-refractivity contribution in [2.24, 2.45) is 0 Å². The zero-order chi connectivity index (χ0) is 19.8. The standard InChI is InChI=1S/C21H25N5O2S/c1-15-2-5-17(28-15)12-26(16-3-4-16)19(27)13-24-7-9-25(10-8-24)20-18-6-11-29-21(18)23-14-22-20/h2,5-6,11,14,16H,3-4,7-10,12-13H2,1H3. The molecule has 1 aliphatic heterocycles. The van der Waals surface area contributed by atoms with E-state index < -0.39 is 0 Å². The number of thiophene rings is 1. The minimum Gasteiger partial charge on any atom is -0.464 e. The average molecular weight is 412 g/mol. The monoisotopic (exact) mass is 411 g/mol. The zero-order valence-corrected chi connectivity index (χ0v) is 17.4. The summed E-state index contributed by atoms with van der Waals surface area (Å²) in [4.78, 5) is 29.5. The summed E-state index contributed by atoms with van der Waals surface area (Å²) in [5.74, 6) is 2.98. The number of amides is 1. The van der Waals surface area contributed by atoms with Gasteiger partial charge >= 0.3 is 0 Å². The van der Waals surface area contributed by atoms with Crippen LogP contribution in [0, 0.1) is 6.92 Å². The Kier molecular flexibility index (Phi) is 4.97. The third-order valence-corrected chi connectivity index (χ3v) is 6.52. The van der Waals surface area contributed by atoms with E-state index in [0.29, 0.717) is 19.1 Å². The topological polar surface area (TPSA) is 65.7 Å². The van der Waals surface area contributed by atoms with Crippen molar-refractivity contribution in [3.8, 4) is 0 Å². The molecule has 0 radical (unpaired) electrons. The van der Waals surface area contributed by atoms with Crippen molar-refractivity contribution in [3.05, 3.63) is 41.4 Å². The summed E-state index contributed by atoms with van der Waals surface area (Å²) in [5.41, 5.74) is 0. The van der Waals surface area contributed by atoms with Crippen molar-refractivity contribution in [1.82, 2.24) is 19.8 Å². The van der Waals surface area contributed by atoms with Gasteiger partial charge in [0.2, 0.25) is 5.91 Å². The normalized spacial score (nSPS) is 17.8. The number of carbonyl (C=O) groups excluding carboxylic acids is 1. The van der Waals surface area contributed by atoms with Gasteiger partial charge in [0, 0.05) is 32.2 Å². The van der Waals surface area contributed by atoms with Gasteiger partial charge in [-0.25, -0.2) is 9.97 Å². The van der Waals surface area contributed by atoms with E-state index >= 15 is 0 Å². The summed E-state index contributed by atoms with van der Waals surface area (Å²) in [7, 11) is 0. The fourth-order valence-corrected chi connectivity index (χ4v) is 4.70. The molecular formula is C21H25N5O2S. The van der Waals surface area contributed by atoms with E-state index in [2.05, 4.69) is 31.2 Å². The second kappa shape index (κ2) is 7.76. The lowest BCUT2D eigenvalue weighted by molar-refractivity contribution is -0.134. The number of piperazine rings is 1. The summed E-state index contributed by atoms with van der Waals surface area (Å²) < 4.78 is 5.70. The molecule has 0 bridgehead atoms. The van der Waals surface area contributed by atoms with E-state index in [4.69, 9.17) is 4.42 Å². The van der Waals surface area contributed by atoms with Gasteiger partial charge in [-0.15, -0.1) is 11.3 Å². The van der Waals surface area contributed by atoms with Crippen molar-refractivity contribution in [1.29, 1.82) is 0 Å². The first kappa shape index (κ1) is 18.6. The Labute approximate surface area is 173 Å². The molecule has 1 saturated carbocycles. The fourth-order valence-electron chi connectivity index (χ4n) is 3.97. The number of nitrogens with zero attached hydrogens (tertiary/aromatic N) is 5. The maximum absolute atomic E-state index is 13.0. The number of rotatable bonds is 6. The van der Waals surface area contributed by atoms with Crippen molar-refractivity contribution >= 4 is 33.3 Å². The van der Waals surface area contributed by atoms with Gasteiger partial charge < -0.3 is 14.2 Å². The number of fused-ring (bicyclic) bond motifs is 1. The molecule has 1 amide bonds. The SMILES string of the molecule is Cc1ccc(CN(C(=O)CN2CCN(c3ncnc4sccc34)CC2)C2CC2)o1. The van der Waals surface area contributed by atoms with Gasteiger partial charge in [0.25, 0.3) is 0 Å². The summed E-state index contributed by atoms with van der Waals surface area (Å²) in [6.45, 7) is 6.45. The Hall–Kier alpha value is -2.45. The Morgan fingerprint density at radius 3 is 2.76 bits per heavy atom. The first-order valence-corrected chi connectivity index (χ1v) is 11.1. The molecule has 0 unspecified atom stereocenters. The lowest BCUT2D eigenvalue weighted by Crippen LogP contribution is -2.50. The van der Waals surface area contributed by atoms with Crippen LogP contribution in [0.5, 0.6) is 0 Å². The van der Waals surface area contributed by atoms with Crippen LogP contribution >= 0.6 is 11.3 Å². The van der Waals surface area contributed by atoms with Gasteiger partial charge in [-0.05, 0) is 43.3 Å². The molecule has 7 nitrogen and oxygen atoms in total. The van der Waals surface area contributed by atoms with Crippen LogP contribution in [0.15, 0.2) is 34.3 Å². The molecule has 0 spiro atoms. The number of carbonyl (C=O) groups is 1. The predicted octanol–water partition coefficient (Wildman–Crippen LogP) is 2.91. The highest BCUT2D eigenvalue weighted by molar-refractivity contribution is 7.16. The number of aromatic nitrogens is 2. The van der Waals surface area contributed by atoms with Crippen molar-refractivity contribution in [3.63, 3.8) is 0 Å².